The summed E-state index contributed by atoms with van der Waals surface area (Å²) in [6.45, 7) is 1.79. The third kappa shape index (κ3) is 3.29. The molecule has 0 aliphatic heterocycles. The minimum absolute atomic E-state index is 0.106. The standard InChI is InChI=1S/C13H11N3O4/c1-8-2-3-9(20-8)4-5-10(17)16-12-11(13(18)19)14-6-7-15-12/h2-7H,1H3,(H,18,19)(H,15,16,17). The molecule has 2 N–H and O–H groups in total. The Bertz CT molecular complexity index is 676. The normalized spacial score (nSPS) is 10.7. The number of nitrogens with zero attached hydrogens (tertiary/aromatic N) is 2. The third-order valence-electron chi connectivity index (χ3n) is 2.30. The van der Waals surface area contributed by atoms with Crippen LogP contribution in [-0.4, -0.2) is 27.0 Å². The van der Waals surface area contributed by atoms with Crippen molar-refractivity contribution in [3.05, 3.63) is 47.8 Å². The molecule has 0 unspecified atom stereocenters. The van der Waals surface area contributed by atoms with Crippen molar-refractivity contribution in [3.63, 3.8) is 0 Å². The summed E-state index contributed by atoms with van der Waals surface area (Å²) in [5.74, 6) is -0.645. The Morgan fingerprint density at radius 1 is 1.30 bits per heavy atom. The van der Waals surface area contributed by atoms with Gasteiger partial charge in [0, 0.05) is 18.5 Å². The van der Waals surface area contributed by atoms with Crippen LogP contribution >= 0.6 is 0 Å². The van der Waals surface area contributed by atoms with Crippen LogP contribution in [-0.2, 0) is 4.79 Å². The molecule has 2 rings (SSSR count). The lowest BCUT2D eigenvalue weighted by atomic mass is 10.3. The molecule has 0 radical (unpaired) electrons. The molecule has 7 nitrogen and oxygen atoms in total. The number of carboxylic acids is 1. The molecule has 0 saturated heterocycles. The maximum atomic E-state index is 11.7. The summed E-state index contributed by atoms with van der Waals surface area (Å²) >= 11 is 0. The summed E-state index contributed by atoms with van der Waals surface area (Å²) in [5, 5.41) is 11.2. The van der Waals surface area contributed by atoms with Gasteiger partial charge >= 0.3 is 5.97 Å². The second-order valence-corrected chi connectivity index (χ2v) is 3.83. The first-order chi connectivity index (χ1) is 9.56. The largest absolute Gasteiger partial charge is 0.476 e. The van der Waals surface area contributed by atoms with E-state index in [0.717, 1.165) is 5.76 Å². The highest BCUT2D eigenvalue weighted by Crippen LogP contribution is 2.10. The molecular weight excluding hydrogens is 262 g/mol. The molecule has 2 aromatic rings. The van der Waals surface area contributed by atoms with Gasteiger partial charge < -0.3 is 14.8 Å². The zero-order valence-electron chi connectivity index (χ0n) is 10.5. The number of carbonyl (C=O) groups excluding carboxylic acids is 1. The predicted molar refractivity (Wildman–Crippen MR) is 70.1 cm³/mol. The fraction of sp³-hybridized carbons (Fsp3) is 0.0769. The summed E-state index contributed by atoms with van der Waals surface area (Å²) < 4.78 is 5.26. The van der Waals surface area contributed by atoms with Gasteiger partial charge in [-0.05, 0) is 25.1 Å². The molecule has 0 fully saturated rings. The van der Waals surface area contributed by atoms with E-state index >= 15 is 0 Å². The second kappa shape index (κ2) is 5.79. The van der Waals surface area contributed by atoms with Gasteiger partial charge in [0.2, 0.25) is 5.91 Å². The van der Waals surface area contributed by atoms with Crippen molar-refractivity contribution >= 4 is 23.8 Å². The Hall–Kier alpha value is -2.96. The lowest BCUT2D eigenvalue weighted by Crippen LogP contribution is -2.14. The maximum absolute atomic E-state index is 11.7. The average molecular weight is 273 g/mol. The Labute approximate surface area is 114 Å². The van der Waals surface area contributed by atoms with Crippen molar-refractivity contribution in [1.29, 1.82) is 0 Å². The molecular formula is C13H11N3O4. The topological polar surface area (TPSA) is 105 Å². The zero-order valence-corrected chi connectivity index (χ0v) is 10.5. The third-order valence-corrected chi connectivity index (χ3v) is 2.30. The number of aromatic nitrogens is 2. The first kappa shape index (κ1) is 13.5. The van der Waals surface area contributed by atoms with Gasteiger partial charge in [0.1, 0.15) is 11.5 Å². The smallest absolute Gasteiger partial charge is 0.358 e. The van der Waals surface area contributed by atoms with Crippen LogP contribution in [0.4, 0.5) is 5.82 Å². The van der Waals surface area contributed by atoms with Crippen LogP contribution in [0.3, 0.4) is 0 Å². The quantitative estimate of drug-likeness (QED) is 0.822. The monoisotopic (exact) mass is 273 g/mol. The van der Waals surface area contributed by atoms with E-state index in [1.165, 1.54) is 24.5 Å². The number of aryl methyl sites for hydroxylation is 1. The van der Waals surface area contributed by atoms with Crippen LogP contribution in [0.1, 0.15) is 22.0 Å². The molecule has 2 heterocycles. The maximum Gasteiger partial charge on any atom is 0.358 e. The fourth-order valence-corrected chi connectivity index (χ4v) is 1.45. The van der Waals surface area contributed by atoms with Crippen LogP contribution in [0.5, 0.6) is 0 Å². The molecule has 0 spiro atoms. The van der Waals surface area contributed by atoms with Crippen molar-refractivity contribution in [2.45, 2.75) is 6.92 Å². The zero-order chi connectivity index (χ0) is 14.5. The summed E-state index contributed by atoms with van der Waals surface area (Å²) in [6, 6.07) is 3.48. The molecule has 1 amide bonds. The molecule has 0 aromatic carbocycles. The number of aromatic carboxylic acids is 1. The van der Waals surface area contributed by atoms with Crippen LogP contribution in [0, 0.1) is 6.92 Å². The predicted octanol–water partition coefficient (Wildman–Crippen LogP) is 1.73. The van der Waals surface area contributed by atoms with Crippen LogP contribution in [0.2, 0.25) is 0 Å². The van der Waals surface area contributed by atoms with Crippen molar-refractivity contribution in [1.82, 2.24) is 9.97 Å². The highest BCUT2D eigenvalue weighted by Gasteiger charge is 2.13. The van der Waals surface area contributed by atoms with E-state index < -0.39 is 11.9 Å². The van der Waals surface area contributed by atoms with Crippen LogP contribution in [0.15, 0.2) is 35.0 Å². The minimum Gasteiger partial charge on any atom is -0.476 e. The van der Waals surface area contributed by atoms with Crippen LogP contribution < -0.4 is 5.32 Å². The molecule has 102 valence electrons. The van der Waals surface area contributed by atoms with Gasteiger partial charge in [0.25, 0.3) is 0 Å². The van der Waals surface area contributed by atoms with Gasteiger partial charge in [-0.15, -0.1) is 0 Å². The number of hydrogen-bond donors (Lipinski definition) is 2. The highest BCUT2D eigenvalue weighted by molar-refractivity contribution is 6.04. The van der Waals surface area contributed by atoms with Gasteiger partial charge in [-0.1, -0.05) is 0 Å². The number of carboxylic acid groups (broad SMARTS) is 1. The SMILES string of the molecule is Cc1ccc(C=CC(=O)Nc2nccnc2C(=O)O)o1. The Morgan fingerprint density at radius 2 is 2.05 bits per heavy atom. The van der Waals surface area contributed by atoms with Crippen molar-refractivity contribution < 1.29 is 19.1 Å². The Morgan fingerprint density at radius 3 is 2.70 bits per heavy atom. The molecule has 7 heteroatoms. The average Bonchev–Trinajstić information content (AvgIpc) is 2.83. The summed E-state index contributed by atoms with van der Waals surface area (Å²) in [5.41, 5.74) is -0.317. The number of furan rings is 1. The number of hydrogen-bond acceptors (Lipinski definition) is 5. The molecule has 0 saturated carbocycles. The number of amides is 1. The van der Waals surface area contributed by atoms with E-state index in [1.807, 2.05) is 0 Å². The summed E-state index contributed by atoms with van der Waals surface area (Å²) in [6.07, 6.45) is 5.22. The molecule has 0 aliphatic carbocycles. The number of carbonyl (C=O) groups is 2. The lowest BCUT2D eigenvalue weighted by Gasteiger charge is -2.03. The van der Waals surface area contributed by atoms with Gasteiger partial charge in [0.15, 0.2) is 11.5 Å². The van der Waals surface area contributed by atoms with Gasteiger partial charge in [-0.25, -0.2) is 14.8 Å². The van der Waals surface area contributed by atoms with E-state index in [0.29, 0.717) is 5.76 Å². The second-order valence-electron chi connectivity index (χ2n) is 3.83. The van der Waals surface area contributed by atoms with E-state index in [1.54, 1.807) is 19.1 Å². The van der Waals surface area contributed by atoms with Gasteiger partial charge in [0.05, 0.1) is 0 Å². The van der Waals surface area contributed by atoms with Crippen molar-refractivity contribution in [2.24, 2.45) is 0 Å². The molecule has 2 aromatic heterocycles. The van der Waals surface area contributed by atoms with E-state index in [2.05, 4.69) is 15.3 Å². The molecule has 0 aliphatic rings. The molecule has 0 bridgehead atoms. The van der Waals surface area contributed by atoms with E-state index in [-0.39, 0.29) is 11.5 Å². The molecule has 0 atom stereocenters. The number of rotatable bonds is 4. The van der Waals surface area contributed by atoms with E-state index in [9.17, 15) is 9.59 Å². The Balaban J connectivity index is 2.09. The number of nitrogens with one attached hydrogen (secondary N) is 1. The van der Waals surface area contributed by atoms with E-state index in [4.69, 9.17) is 9.52 Å². The first-order valence-corrected chi connectivity index (χ1v) is 5.66. The van der Waals surface area contributed by atoms with Crippen molar-refractivity contribution in [2.75, 3.05) is 5.32 Å². The number of anilines is 1. The highest BCUT2D eigenvalue weighted by atomic mass is 16.4. The summed E-state index contributed by atoms with van der Waals surface area (Å²) in [4.78, 5) is 30.0. The lowest BCUT2D eigenvalue weighted by molar-refractivity contribution is -0.111. The minimum atomic E-state index is -1.26. The molecule has 20 heavy (non-hydrogen) atoms. The van der Waals surface area contributed by atoms with Crippen molar-refractivity contribution in [3.8, 4) is 0 Å². The van der Waals surface area contributed by atoms with Gasteiger partial charge in [-0.2, -0.15) is 0 Å². The van der Waals surface area contributed by atoms with Crippen LogP contribution in [0.25, 0.3) is 6.08 Å². The fourth-order valence-electron chi connectivity index (χ4n) is 1.45. The van der Waals surface area contributed by atoms with Gasteiger partial charge in [-0.3, -0.25) is 4.79 Å². The summed E-state index contributed by atoms with van der Waals surface area (Å²) in [7, 11) is 0. The first-order valence-electron chi connectivity index (χ1n) is 5.66. The Kier molecular flexibility index (Phi) is 3.90.